The van der Waals surface area contributed by atoms with E-state index in [0.717, 1.165) is 5.52 Å². The van der Waals surface area contributed by atoms with Gasteiger partial charge in [0.25, 0.3) is 5.91 Å². The Morgan fingerprint density at radius 1 is 0.959 bits per heavy atom. The molecule has 2 saturated heterocycles. The van der Waals surface area contributed by atoms with E-state index >= 15 is 4.79 Å². The summed E-state index contributed by atoms with van der Waals surface area (Å²) < 4.78 is 14.4. The number of rotatable bonds is 10. The van der Waals surface area contributed by atoms with Gasteiger partial charge in [0.15, 0.2) is 0 Å². The van der Waals surface area contributed by atoms with E-state index in [4.69, 9.17) is 9.47 Å². The number of para-hydroxylation sites is 1. The lowest BCUT2D eigenvalue weighted by atomic mass is 9.73. The molecule has 3 amide bonds. The zero-order valence-electron chi connectivity index (χ0n) is 28.4. The average Bonchev–Trinajstić information content (AvgIpc) is 3.64. The third kappa shape index (κ3) is 5.23. The summed E-state index contributed by atoms with van der Waals surface area (Å²) in [5.74, 6) is -2.01. The number of hydrogen-bond donors (Lipinski definition) is 1. The molecule has 1 unspecified atom stereocenters. The predicted octanol–water partition coefficient (Wildman–Crippen LogP) is 3.56. The Morgan fingerprint density at radius 2 is 1.71 bits per heavy atom. The molecule has 3 aromatic rings. The smallest absolute Gasteiger partial charge is 0.250 e. The third-order valence-electron chi connectivity index (χ3n) is 10.5. The molecule has 6 atom stereocenters. The van der Waals surface area contributed by atoms with Crippen LogP contribution in [0.3, 0.4) is 0 Å². The highest BCUT2D eigenvalue weighted by atomic mass is 16.5. The number of amides is 3. The van der Waals surface area contributed by atoms with Crippen molar-refractivity contribution in [2.24, 2.45) is 17.8 Å². The lowest BCUT2D eigenvalue weighted by Gasteiger charge is -2.41. The molecule has 1 aromatic heterocycles. The van der Waals surface area contributed by atoms with Gasteiger partial charge in [-0.15, -0.1) is 5.10 Å². The molecule has 1 N–H and O–H groups in total. The zero-order chi connectivity index (χ0) is 34.5. The lowest BCUT2D eigenvalue weighted by molar-refractivity contribution is -0.157. The molecule has 4 aliphatic heterocycles. The summed E-state index contributed by atoms with van der Waals surface area (Å²) >= 11 is 0. The van der Waals surface area contributed by atoms with E-state index in [1.54, 1.807) is 14.5 Å². The van der Waals surface area contributed by atoms with E-state index < -0.39 is 35.1 Å². The van der Waals surface area contributed by atoms with Gasteiger partial charge in [-0.3, -0.25) is 14.4 Å². The molecule has 12 heteroatoms. The number of carbonyl (C=O) groups is 3. The maximum absolute atomic E-state index is 15.0. The Morgan fingerprint density at radius 3 is 2.43 bits per heavy atom. The van der Waals surface area contributed by atoms with Crippen LogP contribution in [0, 0.1) is 17.8 Å². The normalized spacial score (nSPS) is 28.6. The molecule has 0 aliphatic carbocycles. The van der Waals surface area contributed by atoms with Gasteiger partial charge < -0.3 is 29.3 Å². The summed E-state index contributed by atoms with van der Waals surface area (Å²) in [4.78, 5) is 49.7. The number of aliphatic hydroxyl groups excluding tert-OH is 1. The number of nitrogens with zero attached hydrogens (tertiary/aromatic N) is 6. The summed E-state index contributed by atoms with van der Waals surface area (Å²) in [6.45, 7) is 8.74. The van der Waals surface area contributed by atoms with Crippen LogP contribution in [0.4, 0.5) is 5.69 Å². The van der Waals surface area contributed by atoms with E-state index in [-0.39, 0.29) is 43.5 Å². The first-order valence-electron chi connectivity index (χ1n) is 17.3. The number of benzene rings is 2. The number of hydrogen-bond acceptors (Lipinski definition) is 8. The standard InChI is InChI=1S/C37H44N6O6/c1-5-36-17-9-20-41(25-13-15-27(16-14-25)48-6-2)33(45)30(36)31-34(46)43(26(22-44)21-24(3)4)32-35(47)40(19-10-18-37(31,32)49-36)23-42-29-12-8-7-11-28(29)38-39-42/h7-18,24,26,30-32,44H,5-6,19-23H2,1-4H3/t26-,30-,31+,32?,36+,37+/m1/s1. The maximum Gasteiger partial charge on any atom is 0.250 e. The van der Waals surface area contributed by atoms with Crippen molar-refractivity contribution in [1.82, 2.24) is 24.8 Å². The molecule has 0 radical (unpaired) electrons. The van der Waals surface area contributed by atoms with Crippen LogP contribution in [0.15, 0.2) is 72.8 Å². The number of anilines is 1. The summed E-state index contributed by atoms with van der Waals surface area (Å²) in [6, 6.07) is 13.1. The van der Waals surface area contributed by atoms with Crippen LogP contribution in [-0.2, 0) is 25.8 Å². The van der Waals surface area contributed by atoms with E-state index in [2.05, 4.69) is 10.3 Å². The average molecular weight is 669 g/mol. The van der Waals surface area contributed by atoms with Crippen LogP contribution >= 0.6 is 0 Å². The van der Waals surface area contributed by atoms with Crippen molar-refractivity contribution in [2.45, 2.75) is 70.5 Å². The topological polar surface area (TPSA) is 130 Å². The molecular formula is C37H44N6O6. The van der Waals surface area contributed by atoms with Crippen molar-refractivity contribution in [3.8, 4) is 5.75 Å². The van der Waals surface area contributed by atoms with Crippen molar-refractivity contribution >= 4 is 34.4 Å². The van der Waals surface area contributed by atoms with E-state index in [0.29, 0.717) is 42.9 Å². The predicted molar refractivity (Wildman–Crippen MR) is 182 cm³/mol. The van der Waals surface area contributed by atoms with Crippen LogP contribution in [0.25, 0.3) is 11.0 Å². The Balaban J connectivity index is 1.32. The minimum Gasteiger partial charge on any atom is -0.494 e. The minimum absolute atomic E-state index is 0.101. The van der Waals surface area contributed by atoms with E-state index in [9.17, 15) is 14.7 Å². The second kappa shape index (κ2) is 12.7. The van der Waals surface area contributed by atoms with Crippen molar-refractivity contribution in [2.75, 3.05) is 31.2 Å². The maximum atomic E-state index is 15.0. The molecule has 7 rings (SSSR count). The SMILES string of the molecule is CCOc1ccc(N2CC=C[C@]3(CC)O[C@]45C=CCN(Cn6nnc7ccccc76)C(=O)C4N([C@@H](CO)CC(C)C)C(=O)[C@@H]5[C@@H]3C2=O)cc1. The van der Waals surface area contributed by atoms with Gasteiger partial charge in [0.2, 0.25) is 11.8 Å². The van der Waals surface area contributed by atoms with E-state index in [1.807, 2.05) is 101 Å². The van der Waals surface area contributed by atoms with Crippen LogP contribution in [0.2, 0.25) is 0 Å². The summed E-state index contributed by atoms with van der Waals surface area (Å²) in [5.41, 5.74) is -0.413. The van der Waals surface area contributed by atoms with Crippen molar-refractivity contribution in [3.63, 3.8) is 0 Å². The zero-order valence-corrected chi connectivity index (χ0v) is 28.4. The van der Waals surface area contributed by atoms with Crippen molar-refractivity contribution < 1.29 is 29.0 Å². The second-order valence-electron chi connectivity index (χ2n) is 13.8. The molecule has 12 nitrogen and oxygen atoms in total. The highest BCUT2D eigenvalue weighted by Crippen LogP contribution is 2.59. The molecule has 1 spiro atoms. The highest BCUT2D eigenvalue weighted by Gasteiger charge is 2.76. The summed E-state index contributed by atoms with van der Waals surface area (Å²) in [6.07, 6.45) is 8.45. The first-order chi connectivity index (χ1) is 23.7. The minimum atomic E-state index is -1.44. The van der Waals surface area contributed by atoms with Gasteiger partial charge in [0.05, 0.1) is 42.2 Å². The number of aromatic nitrogens is 3. The lowest BCUT2D eigenvalue weighted by Crippen LogP contribution is -2.59. The Kier molecular flexibility index (Phi) is 8.56. The quantitative estimate of drug-likeness (QED) is 0.325. The first kappa shape index (κ1) is 33.0. The molecule has 49 heavy (non-hydrogen) atoms. The Bertz CT molecular complexity index is 1800. The summed E-state index contributed by atoms with van der Waals surface area (Å²) in [5, 5.41) is 19.3. The molecule has 0 bridgehead atoms. The molecule has 258 valence electrons. The van der Waals surface area contributed by atoms with Gasteiger partial charge in [0, 0.05) is 18.8 Å². The largest absolute Gasteiger partial charge is 0.494 e. The number of fused-ring (bicyclic) bond motifs is 3. The second-order valence-corrected chi connectivity index (χ2v) is 13.8. The number of carbonyl (C=O) groups excluding carboxylic acids is 3. The van der Waals surface area contributed by atoms with E-state index in [1.165, 1.54) is 4.90 Å². The number of likely N-dealkylation sites (tertiary alicyclic amines) is 1. The van der Waals surface area contributed by atoms with Gasteiger partial charge in [-0.2, -0.15) is 0 Å². The fraction of sp³-hybridized carbons (Fsp3) is 0.486. The van der Waals surface area contributed by atoms with Crippen LogP contribution in [0.5, 0.6) is 5.75 Å². The van der Waals surface area contributed by atoms with Crippen LogP contribution < -0.4 is 9.64 Å². The first-order valence-corrected chi connectivity index (χ1v) is 17.3. The van der Waals surface area contributed by atoms with Crippen molar-refractivity contribution in [3.05, 3.63) is 72.8 Å². The van der Waals surface area contributed by atoms with Gasteiger partial charge in [-0.25, -0.2) is 4.68 Å². The van der Waals surface area contributed by atoms with Gasteiger partial charge in [-0.1, -0.05) is 62.4 Å². The molecule has 5 heterocycles. The van der Waals surface area contributed by atoms with Crippen LogP contribution in [-0.4, -0.2) is 97.2 Å². The van der Waals surface area contributed by atoms with Gasteiger partial charge in [-0.05, 0) is 62.1 Å². The third-order valence-corrected chi connectivity index (χ3v) is 10.5. The molecule has 4 aliphatic rings. The van der Waals surface area contributed by atoms with Gasteiger partial charge >= 0.3 is 0 Å². The molecule has 2 fully saturated rings. The summed E-state index contributed by atoms with van der Waals surface area (Å²) in [7, 11) is 0. The fourth-order valence-electron chi connectivity index (χ4n) is 8.39. The van der Waals surface area contributed by atoms with Crippen LogP contribution in [0.1, 0.15) is 40.5 Å². The molecular weight excluding hydrogens is 624 g/mol. The molecule has 0 saturated carbocycles. The highest BCUT2D eigenvalue weighted by molar-refractivity contribution is 6.04. The van der Waals surface area contributed by atoms with Gasteiger partial charge in [0.1, 0.15) is 29.6 Å². The molecule has 2 aromatic carbocycles. The van der Waals surface area contributed by atoms with Crippen molar-refractivity contribution in [1.29, 1.82) is 0 Å². The Labute approximate surface area is 285 Å². The fourth-order valence-corrected chi connectivity index (χ4v) is 8.39. The number of ether oxygens (including phenoxy) is 2. The Hall–Kier alpha value is -4.55. The number of aliphatic hydroxyl groups is 1. The monoisotopic (exact) mass is 668 g/mol.